The van der Waals surface area contributed by atoms with Gasteiger partial charge in [0.05, 0.1) is 19.4 Å². The van der Waals surface area contributed by atoms with E-state index in [1.807, 2.05) is 0 Å². The van der Waals surface area contributed by atoms with Gasteiger partial charge >= 0.3 is 6.03 Å². The van der Waals surface area contributed by atoms with E-state index in [-0.39, 0.29) is 6.03 Å². The summed E-state index contributed by atoms with van der Waals surface area (Å²) in [5.74, 6) is 0. The molecule has 0 spiro atoms. The number of urea groups is 1. The fourth-order valence-electron chi connectivity index (χ4n) is 1.97. The molecule has 0 atom stereocenters. The number of hydrogen-bond donors (Lipinski definition) is 1. The first kappa shape index (κ1) is 13.3. The van der Waals surface area contributed by atoms with E-state index >= 15 is 0 Å². The van der Waals surface area contributed by atoms with E-state index in [0.29, 0.717) is 47.8 Å². The fourth-order valence-corrected chi connectivity index (χ4v) is 1.97. The van der Waals surface area contributed by atoms with Crippen LogP contribution in [-0.2, 0) is 4.74 Å². The third-order valence-electron chi connectivity index (χ3n) is 3.08. The second-order valence-corrected chi connectivity index (χ2v) is 4.45. The number of aromatic nitrogens is 2. The number of carbonyl (C=O) groups is 1. The Morgan fingerprint density at radius 2 is 2.29 bits per heavy atom. The minimum atomic E-state index is -0.269. The van der Waals surface area contributed by atoms with Crippen LogP contribution in [0.3, 0.4) is 0 Å². The summed E-state index contributed by atoms with van der Waals surface area (Å²) in [5.41, 5.74) is 3.90. The molecule has 1 aromatic carbocycles. The SMILES string of the molecule is O=C(N/N=C/c1ccc2c(c1)no[n+]2[O-])N1CCOCC1. The highest BCUT2D eigenvalue weighted by atomic mass is 16.8. The number of morpholine rings is 1. The molecule has 3 rings (SSSR count). The Labute approximate surface area is 119 Å². The molecule has 1 N–H and O–H groups in total. The number of carbonyl (C=O) groups excluding carboxylic acids is 1. The van der Waals surface area contributed by atoms with Crippen molar-refractivity contribution in [1.82, 2.24) is 15.5 Å². The van der Waals surface area contributed by atoms with Gasteiger partial charge in [0.15, 0.2) is 0 Å². The Hall–Kier alpha value is -2.68. The van der Waals surface area contributed by atoms with Crippen molar-refractivity contribution in [2.45, 2.75) is 0 Å². The van der Waals surface area contributed by atoms with Gasteiger partial charge in [-0.3, -0.25) is 4.63 Å². The van der Waals surface area contributed by atoms with Crippen LogP contribution >= 0.6 is 0 Å². The number of nitrogens with one attached hydrogen (secondary N) is 1. The first-order chi connectivity index (χ1) is 10.2. The Morgan fingerprint density at radius 1 is 1.48 bits per heavy atom. The maximum Gasteiger partial charge on any atom is 0.337 e. The van der Waals surface area contributed by atoms with E-state index in [9.17, 15) is 10.0 Å². The lowest BCUT2D eigenvalue weighted by Crippen LogP contribution is -2.44. The van der Waals surface area contributed by atoms with Gasteiger partial charge in [0.1, 0.15) is 0 Å². The van der Waals surface area contributed by atoms with Gasteiger partial charge in [-0.1, -0.05) is 0 Å². The standard InChI is InChI=1S/C12H13N5O4/c18-12(16-3-5-20-6-4-16)14-13-8-9-1-2-11-10(7-9)15-21-17(11)19/h1-2,7-8H,3-6H2,(H,14,18)/b13-8+. The van der Waals surface area contributed by atoms with E-state index in [2.05, 4.69) is 20.3 Å². The molecule has 1 fully saturated rings. The first-order valence-corrected chi connectivity index (χ1v) is 6.39. The molecule has 2 heterocycles. The van der Waals surface area contributed by atoms with Crippen molar-refractivity contribution in [2.75, 3.05) is 26.3 Å². The molecular weight excluding hydrogens is 278 g/mol. The highest BCUT2D eigenvalue weighted by Crippen LogP contribution is 2.08. The summed E-state index contributed by atoms with van der Waals surface area (Å²) in [6.45, 7) is 2.18. The third-order valence-corrected chi connectivity index (χ3v) is 3.08. The average molecular weight is 291 g/mol. The molecule has 0 unspecified atom stereocenters. The van der Waals surface area contributed by atoms with Gasteiger partial charge in [-0.05, 0) is 22.6 Å². The van der Waals surface area contributed by atoms with E-state index < -0.39 is 0 Å². The van der Waals surface area contributed by atoms with Crippen LogP contribution < -0.4 is 10.3 Å². The molecule has 110 valence electrons. The van der Waals surface area contributed by atoms with E-state index in [4.69, 9.17) is 4.74 Å². The highest BCUT2D eigenvalue weighted by Gasteiger charge is 2.15. The molecule has 0 saturated carbocycles. The van der Waals surface area contributed by atoms with Crippen molar-refractivity contribution in [1.29, 1.82) is 0 Å². The largest absolute Gasteiger partial charge is 0.378 e. The molecular formula is C12H13N5O4. The molecule has 0 bridgehead atoms. The lowest BCUT2D eigenvalue weighted by molar-refractivity contribution is -0.782. The van der Waals surface area contributed by atoms with Crippen molar-refractivity contribution in [3.8, 4) is 0 Å². The van der Waals surface area contributed by atoms with Crippen LogP contribution in [-0.4, -0.2) is 48.6 Å². The van der Waals surface area contributed by atoms with Crippen LogP contribution in [0.2, 0.25) is 0 Å². The maximum atomic E-state index is 11.8. The van der Waals surface area contributed by atoms with Crippen molar-refractivity contribution in [3.05, 3.63) is 29.0 Å². The zero-order chi connectivity index (χ0) is 14.7. The van der Waals surface area contributed by atoms with Crippen molar-refractivity contribution in [3.63, 3.8) is 0 Å². The van der Waals surface area contributed by atoms with Gasteiger partial charge in [-0.15, -0.1) is 0 Å². The Balaban J connectivity index is 1.62. The van der Waals surface area contributed by atoms with E-state index in [1.54, 1.807) is 23.1 Å². The van der Waals surface area contributed by atoms with Crippen molar-refractivity contribution >= 4 is 23.3 Å². The monoisotopic (exact) mass is 291 g/mol. The zero-order valence-electron chi connectivity index (χ0n) is 11.1. The summed E-state index contributed by atoms with van der Waals surface area (Å²) in [7, 11) is 0. The average Bonchev–Trinajstić information content (AvgIpc) is 2.89. The van der Waals surface area contributed by atoms with Crippen molar-refractivity contribution < 1.29 is 19.1 Å². The van der Waals surface area contributed by atoms with Gasteiger partial charge in [0, 0.05) is 24.3 Å². The highest BCUT2D eigenvalue weighted by molar-refractivity contribution is 5.86. The second kappa shape index (κ2) is 5.75. The predicted molar refractivity (Wildman–Crippen MR) is 71.5 cm³/mol. The number of amides is 2. The molecule has 1 saturated heterocycles. The number of hydrogen-bond acceptors (Lipinski definition) is 6. The molecule has 9 nitrogen and oxygen atoms in total. The smallest absolute Gasteiger partial charge is 0.337 e. The van der Waals surface area contributed by atoms with Gasteiger partial charge in [0.25, 0.3) is 0 Å². The lowest BCUT2D eigenvalue weighted by Gasteiger charge is -2.25. The summed E-state index contributed by atoms with van der Waals surface area (Å²) < 4.78 is 9.63. The summed E-state index contributed by atoms with van der Waals surface area (Å²) in [4.78, 5) is 13.7. The van der Waals surface area contributed by atoms with Crippen molar-refractivity contribution in [2.24, 2.45) is 5.10 Å². The molecule has 2 amide bonds. The van der Waals surface area contributed by atoms with Crippen LogP contribution in [0.5, 0.6) is 0 Å². The second-order valence-electron chi connectivity index (χ2n) is 4.45. The first-order valence-electron chi connectivity index (χ1n) is 6.39. The minimum absolute atomic E-state index is 0.269. The summed E-state index contributed by atoms with van der Waals surface area (Å²) >= 11 is 0. The van der Waals surface area contributed by atoms with Crippen LogP contribution in [0.1, 0.15) is 5.56 Å². The van der Waals surface area contributed by atoms with Crippen LogP contribution in [0.25, 0.3) is 11.0 Å². The molecule has 1 aliphatic heterocycles. The van der Waals surface area contributed by atoms with Gasteiger partial charge in [-0.25, -0.2) is 10.2 Å². The number of ether oxygens (including phenoxy) is 1. The third kappa shape index (κ3) is 2.92. The molecule has 0 aliphatic carbocycles. The quantitative estimate of drug-likeness (QED) is 0.470. The number of rotatable bonds is 2. The maximum absolute atomic E-state index is 11.8. The lowest BCUT2D eigenvalue weighted by atomic mass is 10.2. The molecule has 9 heteroatoms. The Bertz CT molecular complexity index is 677. The summed E-state index contributed by atoms with van der Waals surface area (Å²) in [5, 5.41) is 18.6. The van der Waals surface area contributed by atoms with E-state index in [1.165, 1.54) is 6.21 Å². The predicted octanol–water partition coefficient (Wildman–Crippen LogP) is -0.163. The normalized spacial score (nSPS) is 15.7. The Morgan fingerprint density at radius 3 is 3.10 bits per heavy atom. The van der Waals surface area contributed by atoms with Crippen LogP contribution in [0.4, 0.5) is 4.79 Å². The fraction of sp³-hybridized carbons (Fsp3) is 0.333. The van der Waals surface area contributed by atoms with Gasteiger partial charge < -0.3 is 14.8 Å². The number of fused-ring (bicyclic) bond motifs is 1. The molecule has 0 radical (unpaired) electrons. The van der Waals surface area contributed by atoms with E-state index in [0.717, 1.165) is 0 Å². The zero-order valence-corrected chi connectivity index (χ0v) is 11.1. The number of benzene rings is 1. The molecule has 1 aromatic heterocycles. The molecule has 2 aromatic rings. The Kier molecular flexibility index (Phi) is 3.65. The van der Waals surface area contributed by atoms with Gasteiger partial charge in [-0.2, -0.15) is 5.10 Å². The topological polar surface area (TPSA) is 107 Å². The summed E-state index contributed by atoms with van der Waals surface area (Å²) in [6.07, 6.45) is 1.47. The van der Waals surface area contributed by atoms with Crippen LogP contribution in [0.15, 0.2) is 27.9 Å². The summed E-state index contributed by atoms with van der Waals surface area (Å²) in [6, 6.07) is 4.62. The number of nitrogens with zero attached hydrogens (tertiary/aromatic N) is 4. The molecule has 1 aliphatic rings. The number of hydrazone groups is 1. The minimum Gasteiger partial charge on any atom is -0.378 e. The van der Waals surface area contributed by atoms with Crippen LogP contribution in [0, 0.1) is 5.21 Å². The molecule has 21 heavy (non-hydrogen) atoms. The van der Waals surface area contributed by atoms with Gasteiger partial charge in [0.2, 0.25) is 11.0 Å².